The first-order valence-electron chi connectivity index (χ1n) is 12.3. The Balaban J connectivity index is 1.24. The lowest BCUT2D eigenvalue weighted by Gasteiger charge is -2.36. The van der Waals surface area contributed by atoms with Crippen LogP contribution in [-0.2, 0) is 21.7 Å². The monoisotopic (exact) mass is 534 g/mol. The van der Waals surface area contributed by atoms with Gasteiger partial charge in [0.1, 0.15) is 6.61 Å². The molecule has 3 aromatic carbocycles. The van der Waals surface area contributed by atoms with Crippen molar-refractivity contribution in [2.24, 2.45) is 0 Å². The molecule has 7 nitrogen and oxygen atoms in total. The van der Waals surface area contributed by atoms with Crippen LogP contribution in [0.25, 0.3) is 11.1 Å². The fourth-order valence-electron chi connectivity index (χ4n) is 5.23. The number of rotatable bonds is 6. The highest BCUT2D eigenvalue weighted by Gasteiger charge is 2.30. The molecule has 3 aromatic rings. The van der Waals surface area contributed by atoms with Crippen LogP contribution in [0, 0.1) is 19.3 Å². The van der Waals surface area contributed by atoms with Gasteiger partial charge in [-0.1, -0.05) is 52.4 Å². The molecule has 0 N–H and O–H groups in total. The van der Waals surface area contributed by atoms with Crippen LogP contribution in [0.15, 0.2) is 60.7 Å². The first-order valence-corrected chi connectivity index (χ1v) is 13.6. The molecule has 38 heavy (non-hydrogen) atoms. The number of anilines is 1. The number of halogens is 1. The number of benzene rings is 3. The number of hydrogen-bond donors (Lipinski definition) is 0. The summed E-state index contributed by atoms with van der Waals surface area (Å²) in [5.41, 5.74) is 6.43. The van der Waals surface area contributed by atoms with Crippen LogP contribution in [0.5, 0.6) is 5.75 Å². The smallest absolute Gasteiger partial charge is 0.448 e. The van der Waals surface area contributed by atoms with Crippen LogP contribution in [-0.4, -0.2) is 52.2 Å². The Morgan fingerprint density at radius 2 is 1.63 bits per heavy atom. The molecule has 0 saturated carbocycles. The molecule has 9 heteroatoms. The minimum Gasteiger partial charge on any atom is -0.448 e. The van der Waals surface area contributed by atoms with Crippen molar-refractivity contribution in [2.45, 2.75) is 19.3 Å². The molecule has 0 aromatic heterocycles. The van der Waals surface area contributed by atoms with Gasteiger partial charge in [-0.25, -0.2) is 4.79 Å². The van der Waals surface area contributed by atoms with E-state index in [1.54, 1.807) is 11.8 Å². The maximum Gasteiger partial charge on any atom is 0.488 e. The lowest BCUT2D eigenvalue weighted by Crippen LogP contribution is -2.49. The van der Waals surface area contributed by atoms with Gasteiger partial charge in [0.05, 0.1) is 0 Å². The van der Waals surface area contributed by atoms with E-state index < -0.39 is 10.5 Å². The van der Waals surface area contributed by atoms with Crippen LogP contribution in [0.2, 0.25) is 0 Å². The van der Waals surface area contributed by atoms with Gasteiger partial charge in [0.15, 0.2) is 5.75 Å². The van der Waals surface area contributed by atoms with Gasteiger partial charge in [-0.2, -0.15) is 8.42 Å². The summed E-state index contributed by atoms with van der Waals surface area (Å²) in [6.45, 7) is 3.65. The molecule has 0 unspecified atom stereocenters. The number of fused-ring (bicyclic) bond motifs is 3. The van der Waals surface area contributed by atoms with E-state index in [-0.39, 0.29) is 30.8 Å². The fraction of sp³-hybridized carbons (Fsp3) is 0.276. The third-order valence-electron chi connectivity index (χ3n) is 7.17. The first kappa shape index (κ1) is 25.6. The Labute approximate surface area is 222 Å². The van der Waals surface area contributed by atoms with Crippen molar-refractivity contribution in [3.8, 4) is 29.2 Å². The molecular formula is C29H27FN2O5S. The molecule has 1 heterocycles. The van der Waals surface area contributed by atoms with E-state index in [4.69, 9.17) is 11.2 Å². The molecule has 1 aliphatic heterocycles. The van der Waals surface area contributed by atoms with Crippen molar-refractivity contribution in [2.75, 3.05) is 37.7 Å². The van der Waals surface area contributed by atoms with Gasteiger partial charge in [-0.3, -0.25) is 0 Å². The Hall–Kier alpha value is -4.03. The van der Waals surface area contributed by atoms with E-state index in [0.717, 1.165) is 11.1 Å². The molecule has 1 aliphatic carbocycles. The van der Waals surface area contributed by atoms with Crippen LogP contribution >= 0.6 is 0 Å². The summed E-state index contributed by atoms with van der Waals surface area (Å²) in [6, 6.07) is 19.7. The van der Waals surface area contributed by atoms with Gasteiger partial charge in [0.25, 0.3) is 0 Å². The average molecular weight is 535 g/mol. The highest BCUT2D eigenvalue weighted by Crippen LogP contribution is 2.44. The zero-order valence-corrected chi connectivity index (χ0v) is 21.7. The minimum absolute atomic E-state index is 0.0139. The zero-order chi connectivity index (χ0) is 26.9. The van der Waals surface area contributed by atoms with Crippen LogP contribution in [0.1, 0.15) is 28.2 Å². The Bertz CT molecular complexity index is 1480. The molecule has 1 saturated heterocycles. The average Bonchev–Trinajstić information content (AvgIpc) is 3.22. The lowest BCUT2D eigenvalue weighted by molar-refractivity contribution is 0.0976. The number of terminal acetylenes is 1. The van der Waals surface area contributed by atoms with E-state index in [9.17, 15) is 17.1 Å². The summed E-state index contributed by atoms with van der Waals surface area (Å²) < 4.78 is 45.9. The Morgan fingerprint density at radius 3 is 2.21 bits per heavy atom. The molecule has 1 fully saturated rings. The Morgan fingerprint density at radius 1 is 1.03 bits per heavy atom. The SMILES string of the molecule is C#CCc1cc(N2CCN(C(=O)OCC3c4ccccc4-c4ccccc43)CC2)cc(OS(=O)(=O)F)c1C. The molecule has 0 spiro atoms. The summed E-state index contributed by atoms with van der Waals surface area (Å²) in [7, 11) is -5.19. The molecule has 0 radical (unpaired) electrons. The summed E-state index contributed by atoms with van der Waals surface area (Å²) in [4.78, 5) is 16.6. The quantitative estimate of drug-likeness (QED) is 0.333. The minimum atomic E-state index is -5.19. The number of carbonyl (C=O) groups excluding carboxylic acids is 1. The van der Waals surface area contributed by atoms with Gasteiger partial charge in [-0.15, -0.1) is 12.3 Å². The number of nitrogens with zero attached hydrogens (tertiary/aromatic N) is 2. The van der Waals surface area contributed by atoms with E-state index >= 15 is 0 Å². The maximum atomic E-state index is 13.3. The topological polar surface area (TPSA) is 76.2 Å². The van der Waals surface area contributed by atoms with Gasteiger partial charge < -0.3 is 18.7 Å². The number of carbonyl (C=O) groups is 1. The van der Waals surface area contributed by atoms with Gasteiger partial charge >= 0.3 is 16.6 Å². The van der Waals surface area contributed by atoms with E-state index in [1.807, 2.05) is 35.2 Å². The van der Waals surface area contributed by atoms with Crippen molar-refractivity contribution in [1.29, 1.82) is 0 Å². The normalized spacial score (nSPS) is 15.0. The number of piperazine rings is 1. The summed E-state index contributed by atoms with van der Waals surface area (Å²) >= 11 is 0. The van der Waals surface area contributed by atoms with Gasteiger partial charge in [0.2, 0.25) is 0 Å². The van der Waals surface area contributed by atoms with Gasteiger partial charge in [-0.05, 0) is 46.4 Å². The number of ether oxygens (including phenoxy) is 1. The second-order valence-corrected chi connectivity index (χ2v) is 10.3. The van der Waals surface area contributed by atoms with Crippen molar-refractivity contribution in [3.63, 3.8) is 0 Å². The molecule has 0 bridgehead atoms. The predicted octanol–water partition coefficient (Wildman–Crippen LogP) is 4.83. The second-order valence-electron chi connectivity index (χ2n) is 9.36. The summed E-state index contributed by atoms with van der Waals surface area (Å²) in [5.74, 6) is 2.41. The van der Waals surface area contributed by atoms with Crippen molar-refractivity contribution in [1.82, 2.24) is 4.90 Å². The molecule has 1 amide bonds. The third-order valence-corrected chi connectivity index (χ3v) is 7.55. The van der Waals surface area contributed by atoms with Crippen molar-refractivity contribution in [3.05, 3.63) is 82.9 Å². The van der Waals surface area contributed by atoms with Crippen molar-refractivity contribution >= 4 is 22.3 Å². The fourth-order valence-corrected chi connectivity index (χ4v) is 5.62. The van der Waals surface area contributed by atoms with Crippen LogP contribution < -0.4 is 9.08 Å². The standard InChI is InChI=1S/C29H27FN2O5S/c1-3-8-21-17-22(18-28(20(21)2)37-38(30,34)35)31-13-15-32(16-14-31)29(33)36-19-27-25-11-6-4-9-23(25)24-10-5-7-12-26(24)27/h1,4-7,9-12,17-18,27H,8,13-16,19H2,2H3. The largest absolute Gasteiger partial charge is 0.488 e. The summed E-state index contributed by atoms with van der Waals surface area (Å²) in [6.07, 6.45) is 5.32. The number of hydrogen-bond acceptors (Lipinski definition) is 6. The highest BCUT2D eigenvalue weighted by molar-refractivity contribution is 7.81. The van der Waals surface area contributed by atoms with E-state index in [1.165, 1.54) is 17.2 Å². The highest BCUT2D eigenvalue weighted by atomic mass is 32.3. The molecule has 0 atom stereocenters. The van der Waals surface area contributed by atoms with E-state index in [2.05, 4.69) is 34.4 Å². The third kappa shape index (κ3) is 5.18. The summed E-state index contributed by atoms with van der Waals surface area (Å²) in [5, 5.41) is 0. The molecule has 196 valence electrons. The zero-order valence-electron chi connectivity index (χ0n) is 20.9. The van der Waals surface area contributed by atoms with Crippen molar-refractivity contribution < 1.29 is 26.0 Å². The Kier molecular flexibility index (Phi) is 7.00. The second kappa shape index (κ2) is 10.4. The van der Waals surface area contributed by atoms with Gasteiger partial charge in [0, 0.05) is 50.3 Å². The number of amides is 1. The lowest BCUT2D eigenvalue weighted by atomic mass is 9.98. The molecule has 5 rings (SSSR count). The predicted molar refractivity (Wildman–Crippen MR) is 143 cm³/mol. The molecule has 2 aliphatic rings. The first-order chi connectivity index (χ1) is 18.2. The van der Waals surface area contributed by atoms with Crippen LogP contribution in [0.3, 0.4) is 0 Å². The maximum absolute atomic E-state index is 13.3. The van der Waals surface area contributed by atoms with E-state index in [0.29, 0.717) is 43.0 Å². The molecular weight excluding hydrogens is 507 g/mol. The van der Waals surface area contributed by atoms with Crippen LogP contribution in [0.4, 0.5) is 14.4 Å².